The summed E-state index contributed by atoms with van der Waals surface area (Å²) in [6.07, 6.45) is 1.28. The van der Waals surface area contributed by atoms with Crippen molar-refractivity contribution in [1.29, 1.82) is 0 Å². The lowest BCUT2D eigenvalue weighted by molar-refractivity contribution is 0.0692. The molecule has 3 rings (SSSR count). The normalized spacial score (nSPS) is 10.8. The topological polar surface area (TPSA) is 93.6 Å². The molecule has 0 spiro atoms. The maximum absolute atomic E-state index is 11.6. The van der Waals surface area contributed by atoms with Crippen LogP contribution < -0.4 is 14.8 Å². The van der Waals surface area contributed by atoms with Crippen LogP contribution in [0.15, 0.2) is 42.6 Å². The van der Waals surface area contributed by atoms with E-state index in [-0.39, 0.29) is 17.9 Å². The van der Waals surface area contributed by atoms with E-state index in [0.29, 0.717) is 35.8 Å². The monoisotopic (exact) mass is 469 g/mol. The summed E-state index contributed by atoms with van der Waals surface area (Å²) >= 11 is 6.21. The fraction of sp³-hybridized carbons (Fsp3) is 0.320. The lowest BCUT2D eigenvalue weighted by Gasteiger charge is -2.14. The highest BCUT2D eigenvalue weighted by Crippen LogP contribution is 2.27. The highest BCUT2D eigenvalue weighted by molar-refractivity contribution is 6.32. The number of carboxylic acid groups (broad SMARTS) is 1. The molecule has 174 valence electrons. The number of nitrogens with one attached hydrogen (secondary N) is 1. The third-order valence-corrected chi connectivity index (χ3v) is 5.66. The first-order chi connectivity index (χ1) is 15.8. The molecule has 0 fully saturated rings. The number of nitrogens with zero attached hydrogens (tertiary/aromatic N) is 2. The van der Waals surface area contributed by atoms with Gasteiger partial charge in [0, 0.05) is 11.2 Å². The average molecular weight is 470 g/mol. The van der Waals surface area contributed by atoms with Crippen LogP contribution in [0.5, 0.6) is 11.5 Å². The maximum Gasteiger partial charge on any atom is 0.339 e. The number of halogens is 1. The van der Waals surface area contributed by atoms with E-state index in [1.165, 1.54) is 6.20 Å². The van der Waals surface area contributed by atoms with Crippen molar-refractivity contribution < 1.29 is 19.4 Å². The Hall–Kier alpha value is -3.32. The Balaban J connectivity index is 1.64. The third kappa shape index (κ3) is 6.35. The van der Waals surface area contributed by atoms with Crippen LogP contribution in [0.3, 0.4) is 0 Å². The van der Waals surface area contributed by atoms with Gasteiger partial charge in [0.25, 0.3) is 0 Å². The minimum absolute atomic E-state index is 0.00920. The van der Waals surface area contributed by atoms with Crippen molar-refractivity contribution >= 4 is 23.5 Å². The summed E-state index contributed by atoms with van der Waals surface area (Å²) in [5.74, 6) is 0.993. The van der Waals surface area contributed by atoms with Gasteiger partial charge in [-0.15, -0.1) is 0 Å². The van der Waals surface area contributed by atoms with Gasteiger partial charge in [0.15, 0.2) is 0 Å². The summed E-state index contributed by atoms with van der Waals surface area (Å²) < 4.78 is 11.7. The summed E-state index contributed by atoms with van der Waals surface area (Å²) in [5, 5.41) is 13.3. The van der Waals surface area contributed by atoms with Gasteiger partial charge < -0.3 is 19.9 Å². The second kappa shape index (κ2) is 11.0. The van der Waals surface area contributed by atoms with Crippen LogP contribution in [0.25, 0.3) is 0 Å². The first-order valence-electron chi connectivity index (χ1n) is 10.7. The standard InChI is InChI=1S/C25H28ClN3O4/c1-15(2)19-7-5-6-8-22(19)32-10-9-27-25-28-13-20(24(30)31)21(29-25)14-33-18-11-16(3)23(26)17(4)12-18/h5-8,11-13,15H,9-10,14H2,1-4H3,(H,30,31)(H,27,28,29). The van der Waals surface area contributed by atoms with Gasteiger partial charge >= 0.3 is 5.97 Å². The van der Waals surface area contributed by atoms with Crippen molar-refractivity contribution in [1.82, 2.24) is 9.97 Å². The molecule has 7 nitrogen and oxygen atoms in total. The lowest BCUT2D eigenvalue weighted by atomic mass is 10.0. The average Bonchev–Trinajstić information content (AvgIpc) is 2.78. The Morgan fingerprint density at radius 1 is 1.15 bits per heavy atom. The summed E-state index contributed by atoms with van der Waals surface area (Å²) in [6, 6.07) is 11.6. The Kier molecular flexibility index (Phi) is 8.11. The molecule has 0 saturated heterocycles. The minimum atomic E-state index is -1.11. The van der Waals surface area contributed by atoms with Crippen LogP contribution in [0, 0.1) is 13.8 Å². The van der Waals surface area contributed by atoms with Crippen LogP contribution >= 0.6 is 11.6 Å². The van der Waals surface area contributed by atoms with E-state index in [4.69, 9.17) is 21.1 Å². The number of anilines is 1. The molecule has 0 aliphatic carbocycles. The van der Waals surface area contributed by atoms with E-state index in [2.05, 4.69) is 35.2 Å². The third-order valence-electron chi connectivity index (χ3n) is 5.07. The van der Waals surface area contributed by atoms with Crippen molar-refractivity contribution in [3.05, 3.63) is 75.6 Å². The van der Waals surface area contributed by atoms with Gasteiger partial charge in [-0.05, 0) is 54.7 Å². The van der Waals surface area contributed by atoms with Crippen molar-refractivity contribution in [3.63, 3.8) is 0 Å². The number of ether oxygens (including phenoxy) is 2. The second-order valence-electron chi connectivity index (χ2n) is 7.99. The zero-order chi connectivity index (χ0) is 24.0. The van der Waals surface area contributed by atoms with Gasteiger partial charge in [-0.2, -0.15) is 0 Å². The van der Waals surface area contributed by atoms with Gasteiger partial charge in [-0.3, -0.25) is 0 Å². The molecule has 0 saturated carbocycles. The number of hydrogen-bond donors (Lipinski definition) is 2. The molecule has 0 unspecified atom stereocenters. The number of aryl methyl sites for hydroxylation is 2. The largest absolute Gasteiger partial charge is 0.491 e. The quantitative estimate of drug-likeness (QED) is 0.371. The molecule has 2 aromatic carbocycles. The molecule has 3 aromatic rings. The molecular formula is C25H28ClN3O4. The second-order valence-corrected chi connectivity index (χ2v) is 8.36. The molecule has 1 aromatic heterocycles. The van der Waals surface area contributed by atoms with Crippen molar-refractivity contribution in [3.8, 4) is 11.5 Å². The molecule has 0 aliphatic heterocycles. The SMILES string of the molecule is Cc1cc(OCc2nc(NCCOc3ccccc3C(C)C)ncc2C(=O)O)cc(C)c1Cl. The van der Waals surface area contributed by atoms with Gasteiger partial charge in [0.2, 0.25) is 5.95 Å². The van der Waals surface area contributed by atoms with E-state index in [9.17, 15) is 9.90 Å². The molecule has 0 bridgehead atoms. The fourth-order valence-electron chi connectivity index (χ4n) is 3.34. The molecule has 0 aliphatic rings. The van der Waals surface area contributed by atoms with Crippen molar-refractivity contribution in [2.45, 2.75) is 40.2 Å². The number of benzene rings is 2. The Labute approximate surface area is 198 Å². The summed E-state index contributed by atoms with van der Waals surface area (Å²) in [4.78, 5) is 20.1. The lowest BCUT2D eigenvalue weighted by Crippen LogP contribution is -2.16. The van der Waals surface area contributed by atoms with Gasteiger partial charge in [0.1, 0.15) is 30.3 Å². The number of carbonyl (C=O) groups is 1. The van der Waals surface area contributed by atoms with Crippen molar-refractivity contribution in [2.75, 3.05) is 18.5 Å². The summed E-state index contributed by atoms with van der Waals surface area (Å²) in [7, 11) is 0. The Morgan fingerprint density at radius 3 is 2.52 bits per heavy atom. The first kappa shape index (κ1) is 24.3. The summed E-state index contributed by atoms with van der Waals surface area (Å²) in [5.41, 5.74) is 3.18. The zero-order valence-electron chi connectivity index (χ0n) is 19.2. The predicted molar refractivity (Wildman–Crippen MR) is 129 cm³/mol. The van der Waals surface area contributed by atoms with E-state index >= 15 is 0 Å². The van der Waals surface area contributed by atoms with Crippen LogP contribution in [0.1, 0.15) is 52.5 Å². The minimum Gasteiger partial charge on any atom is -0.491 e. The smallest absolute Gasteiger partial charge is 0.339 e. The zero-order valence-corrected chi connectivity index (χ0v) is 19.9. The van der Waals surface area contributed by atoms with Gasteiger partial charge in [0.05, 0.1) is 12.2 Å². The molecule has 0 amide bonds. The first-order valence-corrected chi connectivity index (χ1v) is 11.1. The summed E-state index contributed by atoms with van der Waals surface area (Å²) in [6.45, 7) is 8.86. The molecular weight excluding hydrogens is 442 g/mol. The van der Waals surface area contributed by atoms with E-state index < -0.39 is 5.97 Å². The van der Waals surface area contributed by atoms with Gasteiger partial charge in [-0.1, -0.05) is 43.6 Å². The number of hydrogen-bond acceptors (Lipinski definition) is 6. The molecule has 2 N–H and O–H groups in total. The van der Waals surface area contributed by atoms with E-state index in [0.717, 1.165) is 22.4 Å². The van der Waals surface area contributed by atoms with Crippen LogP contribution in [-0.2, 0) is 6.61 Å². The van der Waals surface area contributed by atoms with E-state index in [1.807, 2.05) is 44.2 Å². The fourth-order valence-corrected chi connectivity index (χ4v) is 3.45. The molecule has 1 heterocycles. The number of carboxylic acids is 1. The molecule has 0 radical (unpaired) electrons. The van der Waals surface area contributed by atoms with E-state index in [1.54, 1.807) is 0 Å². The predicted octanol–water partition coefficient (Wildman–Crippen LogP) is 5.64. The molecule has 0 atom stereocenters. The van der Waals surface area contributed by atoms with Gasteiger partial charge in [-0.25, -0.2) is 14.8 Å². The van der Waals surface area contributed by atoms with Crippen molar-refractivity contribution in [2.24, 2.45) is 0 Å². The number of rotatable bonds is 10. The highest BCUT2D eigenvalue weighted by Gasteiger charge is 2.15. The number of aromatic carboxylic acids is 1. The highest BCUT2D eigenvalue weighted by atomic mass is 35.5. The molecule has 8 heteroatoms. The Morgan fingerprint density at radius 2 is 1.85 bits per heavy atom. The maximum atomic E-state index is 11.6. The van der Waals surface area contributed by atoms with Crippen LogP contribution in [0.2, 0.25) is 5.02 Å². The molecule has 33 heavy (non-hydrogen) atoms. The number of aromatic nitrogens is 2. The number of para-hydroxylation sites is 1. The van der Waals surface area contributed by atoms with Crippen LogP contribution in [-0.4, -0.2) is 34.2 Å². The van der Waals surface area contributed by atoms with Crippen LogP contribution in [0.4, 0.5) is 5.95 Å². The Bertz CT molecular complexity index is 1110.